The fourth-order valence-corrected chi connectivity index (χ4v) is 5.36. The zero-order chi connectivity index (χ0) is 32.3. The third-order valence-electron chi connectivity index (χ3n) is 7.50. The maximum atomic E-state index is 13.6. The molecule has 0 radical (unpaired) electrons. The number of hydrogen-bond acceptors (Lipinski definition) is 6. The molecule has 3 atom stereocenters. The molecule has 2 aromatic carbocycles. The van der Waals surface area contributed by atoms with Gasteiger partial charge in [-0.2, -0.15) is 0 Å². The molecule has 10 heteroatoms. The smallest absolute Gasteiger partial charge is 0.245 e. The van der Waals surface area contributed by atoms with Gasteiger partial charge in [0.05, 0.1) is 12.1 Å². The first kappa shape index (κ1) is 36.8. The Balaban J connectivity index is 0.000000727. The number of carbonyl (C=O) groups is 3. The Hall–Kier alpha value is -3.40. The highest BCUT2D eigenvalue weighted by Crippen LogP contribution is 2.28. The van der Waals surface area contributed by atoms with Gasteiger partial charge in [0.15, 0.2) is 0 Å². The molecule has 44 heavy (non-hydrogen) atoms. The third kappa shape index (κ3) is 12.7. The minimum absolute atomic E-state index is 0.165. The number of carbonyl (C=O) groups excluding carboxylic acids is 3. The summed E-state index contributed by atoms with van der Waals surface area (Å²) >= 11 is 5.61. The SMILES string of the molecule is CCNC(=O)C(C(C)O)N(C)C(=O)C(NCCOc1ccccc1/C=C/CNC=O)C1CCCCC1.Cc1ccc(Cl)cc1. The fourth-order valence-electron chi connectivity index (χ4n) is 5.24. The first-order valence-corrected chi connectivity index (χ1v) is 15.8. The second-order valence-corrected chi connectivity index (χ2v) is 11.4. The quantitative estimate of drug-likeness (QED) is 0.172. The van der Waals surface area contributed by atoms with Crippen molar-refractivity contribution >= 4 is 35.9 Å². The molecular formula is C34H49ClN4O5. The van der Waals surface area contributed by atoms with E-state index in [0.29, 0.717) is 38.4 Å². The summed E-state index contributed by atoms with van der Waals surface area (Å²) < 4.78 is 6.00. The molecule has 0 saturated heterocycles. The molecule has 0 spiro atoms. The van der Waals surface area contributed by atoms with Crippen LogP contribution in [0.4, 0.5) is 0 Å². The van der Waals surface area contributed by atoms with Crippen LogP contribution in [0.5, 0.6) is 5.75 Å². The minimum atomic E-state index is -0.993. The minimum Gasteiger partial charge on any atom is -0.492 e. The molecule has 3 unspecified atom stereocenters. The average Bonchev–Trinajstić information content (AvgIpc) is 3.02. The number of benzene rings is 2. The van der Waals surface area contributed by atoms with Crippen LogP contribution in [-0.2, 0) is 14.4 Å². The summed E-state index contributed by atoms with van der Waals surface area (Å²) in [6.45, 7) is 7.04. The van der Waals surface area contributed by atoms with Crippen molar-refractivity contribution in [3.63, 3.8) is 0 Å². The molecule has 0 bridgehead atoms. The highest BCUT2D eigenvalue weighted by atomic mass is 35.5. The number of ether oxygens (including phenoxy) is 1. The van der Waals surface area contributed by atoms with Crippen molar-refractivity contribution in [2.75, 3.05) is 33.3 Å². The zero-order valence-corrected chi connectivity index (χ0v) is 27.2. The van der Waals surface area contributed by atoms with E-state index < -0.39 is 18.2 Å². The van der Waals surface area contributed by atoms with Crippen LogP contribution in [0.15, 0.2) is 54.6 Å². The van der Waals surface area contributed by atoms with Gasteiger partial charge in [0, 0.05) is 37.3 Å². The van der Waals surface area contributed by atoms with E-state index in [-0.39, 0.29) is 17.7 Å². The summed E-state index contributed by atoms with van der Waals surface area (Å²) in [6.07, 6.45) is 8.60. The first-order valence-electron chi connectivity index (χ1n) is 15.4. The maximum absolute atomic E-state index is 13.6. The average molecular weight is 629 g/mol. The van der Waals surface area contributed by atoms with Crippen LogP contribution in [0.1, 0.15) is 57.1 Å². The van der Waals surface area contributed by atoms with Crippen LogP contribution in [0.2, 0.25) is 5.02 Å². The van der Waals surface area contributed by atoms with E-state index in [1.165, 1.54) is 17.4 Å². The van der Waals surface area contributed by atoms with Crippen molar-refractivity contribution in [2.24, 2.45) is 5.92 Å². The fraction of sp³-hybridized carbons (Fsp3) is 0.500. The number of aryl methyl sites for hydroxylation is 1. The Morgan fingerprint density at radius 3 is 2.41 bits per heavy atom. The Morgan fingerprint density at radius 2 is 1.80 bits per heavy atom. The van der Waals surface area contributed by atoms with Crippen LogP contribution < -0.4 is 20.7 Å². The van der Waals surface area contributed by atoms with Crippen LogP contribution in [0, 0.1) is 12.8 Å². The molecule has 1 aliphatic rings. The van der Waals surface area contributed by atoms with Crippen LogP contribution in [0.25, 0.3) is 6.08 Å². The predicted molar refractivity (Wildman–Crippen MR) is 177 cm³/mol. The molecule has 4 N–H and O–H groups in total. The molecule has 1 aliphatic carbocycles. The number of nitrogens with one attached hydrogen (secondary N) is 3. The Labute approximate surface area is 267 Å². The van der Waals surface area contributed by atoms with Gasteiger partial charge < -0.3 is 30.7 Å². The molecule has 242 valence electrons. The Kier molecular flexibility index (Phi) is 17.2. The van der Waals surface area contributed by atoms with Crippen LogP contribution in [0.3, 0.4) is 0 Å². The summed E-state index contributed by atoms with van der Waals surface area (Å²) in [6, 6.07) is 14.0. The van der Waals surface area contributed by atoms with Crippen molar-refractivity contribution < 1.29 is 24.2 Å². The highest BCUT2D eigenvalue weighted by molar-refractivity contribution is 6.30. The summed E-state index contributed by atoms with van der Waals surface area (Å²) in [5.74, 6) is 0.329. The zero-order valence-electron chi connectivity index (χ0n) is 26.4. The van der Waals surface area contributed by atoms with Crippen LogP contribution in [-0.4, -0.2) is 79.7 Å². The number of rotatable bonds is 15. The van der Waals surface area contributed by atoms with Gasteiger partial charge in [-0.15, -0.1) is 0 Å². The van der Waals surface area contributed by atoms with E-state index in [9.17, 15) is 19.5 Å². The summed E-state index contributed by atoms with van der Waals surface area (Å²) in [5, 5.41) is 19.8. The van der Waals surface area contributed by atoms with Crippen molar-refractivity contribution in [3.05, 3.63) is 70.8 Å². The third-order valence-corrected chi connectivity index (χ3v) is 7.75. The number of likely N-dealkylation sites (N-methyl/N-ethyl adjacent to an activating group) is 2. The Morgan fingerprint density at radius 1 is 1.11 bits per heavy atom. The van der Waals surface area contributed by atoms with E-state index in [1.807, 2.05) is 67.6 Å². The van der Waals surface area contributed by atoms with E-state index >= 15 is 0 Å². The van der Waals surface area contributed by atoms with E-state index in [4.69, 9.17) is 16.3 Å². The molecule has 1 saturated carbocycles. The second-order valence-electron chi connectivity index (χ2n) is 11.0. The molecule has 9 nitrogen and oxygen atoms in total. The van der Waals surface area contributed by atoms with Gasteiger partial charge in [-0.3, -0.25) is 14.4 Å². The number of aliphatic hydroxyl groups is 1. The van der Waals surface area contributed by atoms with Gasteiger partial charge >= 0.3 is 0 Å². The summed E-state index contributed by atoms with van der Waals surface area (Å²) in [5.41, 5.74) is 2.14. The molecular weight excluding hydrogens is 580 g/mol. The van der Waals surface area contributed by atoms with Gasteiger partial charge in [-0.05, 0) is 57.7 Å². The summed E-state index contributed by atoms with van der Waals surface area (Å²) in [4.78, 5) is 37.9. The van der Waals surface area contributed by atoms with Crippen molar-refractivity contribution in [3.8, 4) is 5.75 Å². The highest BCUT2D eigenvalue weighted by Gasteiger charge is 2.37. The number of amides is 3. The lowest BCUT2D eigenvalue weighted by atomic mass is 9.83. The maximum Gasteiger partial charge on any atom is 0.245 e. The number of aliphatic hydroxyl groups excluding tert-OH is 1. The lowest BCUT2D eigenvalue weighted by molar-refractivity contribution is -0.145. The van der Waals surface area contributed by atoms with Crippen molar-refractivity contribution in [1.82, 2.24) is 20.9 Å². The molecule has 0 heterocycles. The lowest BCUT2D eigenvalue weighted by Crippen LogP contribution is -2.59. The number of hydrogen-bond donors (Lipinski definition) is 4. The van der Waals surface area contributed by atoms with Gasteiger partial charge in [-0.25, -0.2) is 0 Å². The monoisotopic (exact) mass is 628 g/mol. The van der Waals surface area contributed by atoms with E-state index in [2.05, 4.69) is 16.0 Å². The molecule has 3 rings (SSSR count). The van der Waals surface area contributed by atoms with Crippen molar-refractivity contribution in [1.29, 1.82) is 0 Å². The first-order chi connectivity index (χ1) is 21.2. The van der Waals surface area contributed by atoms with Gasteiger partial charge in [0.25, 0.3) is 0 Å². The number of para-hydroxylation sites is 1. The molecule has 3 amide bonds. The van der Waals surface area contributed by atoms with E-state index in [0.717, 1.165) is 42.7 Å². The molecule has 0 aromatic heterocycles. The topological polar surface area (TPSA) is 120 Å². The van der Waals surface area contributed by atoms with Crippen molar-refractivity contribution in [2.45, 2.75) is 71.1 Å². The molecule has 1 fully saturated rings. The van der Waals surface area contributed by atoms with Gasteiger partial charge in [0.2, 0.25) is 18.2 Å². The number of nitrogens with zero attached hydrogens (tertiary/aromatic N) is 1. The Bertz CT molecular complexity index is 1150. The molecule has 0 aliphatic heterocycles. The standard InChI is InChI=1S/C27H42N4O5.C7H7Cl/c1-4-29-26(34)25(20(2)33)31(3)27(35)24(22-12-6-5-7-13-22)30-17-18-36-23-15-9-8-11-21(23)14-10-16-28-19-32;1-6-2-4-7(8)5-3-6/h8-11,14-15,19-20,22,24-25,30,33H,4-7,12-13,16-18H2,1-3H3,(H,28,32)(H,29,34);2-5H,1H3/b14-10+;. The van der Waals surface area contributed by atoms with E-state index in [1.54, 1.807) is 14.0 Å². The number of halogens is 1. The lowest BCUT2D eigenvalue weighted by Gasteiger charge is -2.36. The summed E-state index contributed by atoms with van der Waals surface area (Å²) in [7, 11) is 1.59. The van der Waals surface area contributed by atoms with Crippen LogP contribution >= 0.6 is 11.6 Å². The predicted octanol–water partition coefficient (Wildman–Crippen LogP) is 4.36. The van der Waals surface area contributed by atoms with Gasteiger partial charge in [-0.1, -0.05) is 78.9 Å². The normalized spacial score (nSPS) is 15.3. The van der Waals surface area contributed by atoms with Gasteiger partial charge in [0.1, 0.15) is 18.4 Å². The molecule has 2 aromatic rings. The second kappa shape index (κ2) is 20.5. The largest absolute Gasteiger partial charge is 0.492 e.